The molecule has 1 atom stereocenters. The SMILES string of the molecule is O=C1OCC2CN(CCn3cc(Cl)cn3)CCN12. The third kappa shape index (κ3) is 2.30. The summed E-state index contributed by atoms with van der Waals surface area (Å²) in [5.74, 6) is 0. The maximum atomic E-state index is 11.4. The molecule has 7 heteroatoms. The first-order valence-electron chi connectivity index (χ1n) is 6.06. The van der Waals surface area contributed by atoms with E-state index < -0.39 is 0 Å². The van der Waals surface area contributed by atoms with Crippen molar-refractivity contribution in [3.05, 3.63) is 17.4 Å². The van der Waals surface area contributed by atoms with Crippen molar-refractivity contribution < 1.29 is 9.53 Å². The molecule has 98 valence electrons. The number of hydrogen-bond donors (Lipinski definition) is 0. The molecule has 2 aliphatic rings. The molecule has 0 aliphatic carbocycles. The third-order valence-electron chi connectivity index (χ3n) is 3.45. The van der Waals surface area contributed by atoms with Crippen molar-refractivity contribution in [3.63, 3.8) is 0 Å². The fourth-order valence-corrected chi connectivity index (χ4v) is 2.62. The summed E-state index contributed by atoms with van der Waals surface area (Å²) in [6.07, 6.45) is 3.29. The number of aromatic nitrogens is 2. The Morgan fingerprint density at radius 2 is 2.33 bits per heavy atom. The summed E-state index contributed by atoms with van der Waals surface area (Å²) in [5.41, 5.74) is 0. The van der Waals surface area contributed by atoms with Gasteiger partial charge in [-0.25, -0.2) is 4.79 Å². The van der Waals surface area contributed by atoms with E-state index in [1.165, 1.54) is 0 Å². The van der Waals surface area contributed by atoms with Gasteiger partial charge in [-0.1, -0.05) is 11.6 Å². The number of ether oxygens (including phenoxy) is 1. The number of carbonyl (C=O) groups excluding carboxylic acids is 1. The van der Waals surface area contributed by atoms with Crippen LogP contribution in [0.25, 0.3) is 0 Å². The van der Waals surface area contributed by atoms with Crippen LogP contribution in [-0.4, -0.2) is 64.5 Å². The zero-order valence-electron chi connectivity index (χ0n) is 9.96. The van der Waals surface area contributed by atoms with Crippen molar-refractivity contribution in [3.8, 4) is 0 Å². The number of halogens is 1. The summed E-state index contributed by atoms with van der Waals surface area (Å²) in [7, 11) is 0. The predicted octanol–water partition coefficient (Wildman–Crippen LogP) is 0.673. The van der Waals surface area contributed by atoms with Crippen molar-refractivity contribution in [1.29, 1.82) is 0 Å². The maximum Gasteiger partial charge on any atom is 0.410 e. The topological polar surface area (TPSA) is 50.6 Å². The van der Waals surface area contributed by atoms with Crippen LogP contribution in [0, 0.1) is 0 Å². The van der Waals surface area contributed by atoms with Crippen LogP contribution >= 0.6 is 11.6 Å². The number of fused-ring (bicyclic) bond motifs is 1. The number of hydrogen-bond acceptors (Lipinski definition) is 4. The zero-order chi connectivity index (χ0) is 12.5. The maximum absolute atomic E-state index is 11.4. The van der Waals surface area contributed by atoms with Gasteiger partial charge in [0, 0.05) is 32.4 Å². The second kappa shape index (κ2) is 4.78. The Balaban J connectivity index is 1.51. The molecule has 1 amide bonds. The highest BCUT2D eigenvalue weighted by Crippen LogP contribution is 2.17. The molecule has 0 radical (unpaired) electrons. The summed E-state index contributed by atoms with van der Waals surface area (Å²) in [6, 6.07) is 0.215. The molecule has 0 bridgehead atoms. The fraction of sp³-hybridized carbons (Fsp3) is 0.636. The van der Waals surface area contributed by atoms with E-state index in [2.05, 4.69) is 10.00 Å². The predicted molar refractivity (Wildman–Crippen MR) is 65.5 cm³/mol. The summed E-state index contributed by atoms with van der Waals surface area (Å²) >= 11 is 5.81. The molecule has 2 aliphatic heterocycles. The van der Waals surface area contributed by atoms with Crippen LogP contribution in [0.15, 0.2) is 12.4 Å². The molecule has 2 saturated heterocycles. The van der Waals surface area contributed by atoms with Gasteiger partial charge in [-0.05, 0) is 0 Å². The van der Waals surface area contributed by atoms with Crippen LogP contribution in [0.1, 0.15) is 0 Å². The lowest BCUT2D eigenvalue weighted by Crippen LogP contribution is -2.52. The molecular formula is C11H15ClN4O2. The summed E-state index contributed by atoms with van der Waals surface area (Å²) in [5, 5.41) is 4.81. The van der Waals surface area contributed by atoms with Crippen LogP contribution in [0.4, 0.5) is 4.79 Å². The van der Waals surface area contributed by atoms with Crippen molar-refractivity contribution >= 4 is 17.7 Å². The summed E-state index contributed by atoms with van der Waals surface area (Å²) in [4.78, 5) is 15.5. The number of piperazine rings is 1. The van der Waals surface area contributed by atoms with Gasteiger partial charge in [-0.15, -0.1) is 0 Å². The van der Waals surface area contributed by atoms with Crippen molar-refractivity contribution in [1.82, 2.24) is 19.6 Å². The Bertz CT molecular complexity index is 450. The minimum atomic E-state index is -0.168. The van der Waals surface area contributed by atoms with Gasteiger partial charge in [0.05, 0.1) is 23.8 Å². The summed E-state index contributed by atoms with van der Waals surface area (Å²) in [6.45, 7) is 4.76. The smallest absolute Gasteiger partial charge is 0.410 e. The Hall–Kier alpha value is -1.27. The number of rotatable bonds is 3. The standard InChI is InChI=1S/C11H15ClN4O2/c12-9-5-13-15(6-9)3-1-14-2-4-16-10(7-14)8-18-11(16)17/h5-6,10H,1-4,7-8H2. The first-order valence-corrected chi connectivity index (χ1v) is 6.44. The number of nitrogens with zero attached hydrogens (tertiary/aromatic N) is 4. The molecule has 18 heavy (non-hydrogen) atoms. The molecule has 2 fully saturated rings. The van der Waals surface area contributed by atoms with E-state index in [4.69, 9.17) is 16.3 Å². The lowest BCUT2D eigenvalue weighted by atomic mass is 10.2. The Labute approximate surface area is 110 Å². The highest BCUT2D eigenvalue weighted by molar-refractivity contribution is 6.30. The van der Waals surface area contributed by atoms with Gasteiger partial charge in [-0.2, -0.15) is 5.10 Å². The Morgan fingerprint density at radius 1 is 1.44 bits per heavy atom. The average Bonchev–Trinajstić information content (AvgIpc) is 2.94. The van der Waals surface area contributed by atoms with Crippen LogP contribution in [0.3, 0.4) is 0 Å². The van der Waals surface area contributed by atoms with Gasteiger partial charge >= 0.3 is 6.09 Å². The van der Waals surface area contributed by atoms with E-state index in [-0.39, 0.29) is 12.1 Å². The molecule has 1 unspecified atom stereocenters. The monoisotopic (exact) mass is 270 g/mol. The van der Waals surface area contributed by atoms with E-state index >= 15 is 0 Å². The quantitative estimate of drug-likeness (QED) is 0.810. The number of amides is 1. The van der Waals surface area contributed by atoms with E-state index in [0.717, 1.165) is 32.7 Å². The minimum absolute atomic E-state index is 0.168. The first-order chi connectivity index (χ1) is 8.72. The van der Waals surface area contributed by atoms with Crippen molar-refractivity contribution in [2.75, 3.05) is 32.8 Å². The molecule has 0 saturated carbocycles. The zero-order valence-corrected chi connectivity index (χ0v) is 10.7. The van der Waals surface area contributed by atoms with Crippen molar-refractivity contribution in [2.45, 2.75) is 12.6 Å². The molecule has 6 nitrogen and oxygen atoms in total. The van der Waals surface area contributed by atoms with Crippen molar-refractivity contribution in [2.24, 2.45) is 0 Å². The first kappa shape index (κ1) is 11.8. The van der Waals surface area contributed by atoms with Crippen LogP contribution in [0.2, 0.25) is 5.02 Å². The van der Waals surface area contributed by atoms with Crippen LogP contribution in [-0.2, 0) is 11.3 Å². The molecule has 3 rings (SSSR count). The summed E-state index contributed by atoms with van der Waals surface area (Å²) < 4.78 is 6.88. The molecule has 0 aromatic carbocycles. The lowest BCUT2D eigenvalue weighted by molar-refractivity contribution is 0.116. The Kier molecular flexibility index (Phi) is 3.13. The third-order valence-corrected chi connectivity index (χ3v) is 3.64. The molecule has 3 heterocycles. The molecule has 1 aromatic rings. The number of carbonyl (C=O) groups is 1. The van der Waals surface area contributed by atoms with Gasteiger partial charge < -0.3 is 4.74 Å². The highest BCUT2D eigenvalue weighted by Gasteiger charge is 2.37. The largest absolute Gasteiger partial charge is 0.447 e. The van der Waals surface area contributed by atoms with E-state index in [1.54, 1.807) is 6.20 Å². The molecular weight excluding hydrogens is 256 g/mol. The van der Waals surface area contributed by atoms with Crippen LogP contribution in [0.5, 0.6) is 0 Å². The van der Waals surface area contributed by atoms with Gasteiger partial charge in [-0.3, -0.25) is 14.5 Å². The van der Waals surface area contributed by atoms with Gasteiger partial charge in [0.1, 0.15) is 6.61 Å². The molecule has 0 N–H and O–H groups in total. The van der Waals surface area contributed by atoms with Gasteiger partial charge in [0.15, 0.2) is 0 Å². The molecule has 1 aromatic heterocycles. The minimum Gasteiger partial charge on any atom is -0.447 e. The van der Waals surface area contributed by atoms with E-state index in [0.29, 0.717) is 11.6 Å². The van der Waals surface area contributed by atoms with E-state index in [9.17, 15) is 4.79 Å². The highest BCUT2D eigenvalue weighted by atomic mass is 35.5. The molecule has 0 spiro atoms. The second-order valence-corrected chi connectivity index (χ2v) is 5.08. The van der Waals surface area contributed by atoms with E-state index in [1.807, 2.05) is 15.8 Å². The fourth-order valence-electron chi connectivity index (χ4n) is 2.46. The number of cyclic esters (lactones) is 1. The van der Waals surface area contributed by atoms with Crippen LogP contribution < -0.4 is 0 Å². The normalized spacial score (nSPS) is 24.2. The average molecular weight is 271 g/mol. The Morgan fingerprint density at radius 3 is 3.11 bits per heavy atom. The van der Waals surface area contributed by atoms with Gasteiger partial charge in [0.25, 0.3) is 0 Å². The second-order valence-electron chi connectivity index (χ2n) is 4.65. The van der Waals surface area contributed by atoms with Gasteiger partial charge in [0.2, 0.25) is 0 Å². The lowest BCUT2D eigenvalue weighted by Gasteiger charge is -2.35.